The number of halogens is 1. The highest BCUT2D eigenvalue weighted by molar-refractivity contribution is 9.10. The maximum Gasteiger partial charge on any atom is 0.0470 e. The van der Waals surface area contributed by atoms with Crippen molar-refractivity contribution in [2.24, 2.45) is 17.6 Å². The van der Waals surface area contributed by atoms with Gasteiger partial charge in [0.05, 0.1) is 0 Å². The molecule has 2 nitrogen and oxygen atoms in total. The van der Waals surface area contributed by atoms with Gasteiger partial charge in [0.2, 0.25) is 0 Å². The van der Waals surface area contributed by atoms with Crippen LogP contribution in [0.1, 0.15) is 49.3 Å². The number of aryl methyl sites for hydroxylation is 1. The van der Waals surface area contributed by atoms with E-state index < -0.39 is 0 Å². The molecule has 1 aromatic rings. The monoisotopic (exact) mass is 350 g/mol. The van der Waals surface area contributed by atoms with E-state index in [1.54, 1.807) is 0 Å². The van der Waals surface area contributed by atoms with Crippen molar-refractivity contribution < 1.29 is 0 Å². The Labute approximate surface area is 137 Å². The Balaban J connectivity index is 1.75. The Morgan fingerprint density at radius 3 is 2.71 bits per heavy atom. The molecule has 3 atom stereocenters. The van der Waals surface area contributed by atoms with Crippen molar-refractivity contribution in [2.75, 3.05) is 19.6 Å². The maximum atomic E-state index is 6.14. The summed E-state index contributed by atoms with van der Waals surface area (Å²) in [5, 5.41) is 0. The second kappa shape index (κ2) is 6.80. The van der Waals surface area contributed by atoms with Crippen molar-refractivity contribution in [3.63, 3.8) is 0 Å². The lowest BCUT2D eigenvalue weighted by molar-refractivity contribution is 0.0586. The Kier molecular flexibility index (Phi) is 5.03. The summed E-state index contributed by atoms with van der Waals surface area (Å²) in [6.07, 6.45) is 7.14. The van der Waals surface area contributed by atoms with Crippen LogP contribution in [0.25, 0.3) is 0 Å². The first kappa shape index (κ1) is 15.5. The highest BCUT2D eigenvalue weighted by atomic mass is 79.9. The van der Waals surface area contributed by atoms with Gasteiger partial charge in [-0.25, -0.2) is 0 Å². The van der Waals surface area contributed by atoms with E-state index in [1.807, 2.05) is 0 Å². The molecule has 1 heterocycles. The van der Waals surface area contributed by atoms with Crippen LogP contribution in [0.3, 0.4) is 0 Å². The van der Waals surface area contributed by atoms with Crippen molar-refractivity contribution in [1.29, 1.82) is 0 Å². The van der Waals surface area contributed by atoms with Crippen LogP contribution in [0.5, 0.6) is 0 Å². The first-order chi connectivity index (χ1) is 10.2. The van der Waals surface area contributed by atoms with Crippen LogP contribution in [-0.4, -0.2) is 24.5 Å². The third-order valence-corrected chi connectivity index (χ3v) is 6.44. The van der Waals surface area contributed by atoms with Crippen LogP contribution < -0.4 is 5.73 Å². The molecule has 1 aliphatic carbocycles. The van der Waals surface area contributed by atoms with Gasteiger partial charge in [-0.05, 0) is 55.3 Å². The lowest BCUT2D eigenvalue weighted by atomic mass is 9.74. The van der Waals surface area contributed by atoms with Crippen molar-refractivity contribution >= 4 is 15.9 Å². The molecule has 0 aromatic heterocycles. The van der Waals surface area contributed by atoms with Crippen LogP contribution in [-0.2, 0) is 0 Å². The van der Waals surface area contributed by atoms with Gasteiger partial charge in [-0.3, -0.25) is 4.90 Å². The molecule has 1 saturated heterocycles. The average Bonchev–Trinajstić information content (AvgIpc) is 2.51. The molecular weight excluding hydrogens is 324 g/mol. The number of piperidine rings is 1. The Hall–Kier alpha value is -0.380. The fourth-order valence-corrected chi connectivity index (χ4v) is 4.53. The van der Waals surface area contributed by atoms with E-state index in [2.05, 4.69) is 46.0 Å². The predicted octanol–water partition coefficient (Wildman–Crippen LogP) is 4.27. The van der Waals surface area contributed by atoms with Crippen LogP contribution in [0.4, 0.5) is 0 Å². The fourth-order valence-electron chi connectivity index (χ4n) is 4.28. The average molecular weight is 351 g/mol. The SMILES string of the molecule is Cc1cc(C(CN)N2CCC3CCCCC3C2)ccc1Br. The first-order valence-electron chi connectivity index (χ1n) is 8.39. The number of likely N-dealkylation sites (tertiary alicyclic amines) is 1. The summed E-state index contributed by atoms with van der Waals surface area (Å²) in [6.45, 7) is 5.35. The number of rotatable bonds is 3. The minimum atomic E-state index is 0.389. The van der Waals surface area contributed by atoms with E-state index in [0.717, 1.165) is 18.4 Å². The van der Waals surface area contributed by atoms with Crippen LogP contribution in [0.2, 0.25) is 0 Å². The molecule has 1 aromatic carbocycles. The Morgan fingerprint density at radius 1 is 1.24 bits per heavy atom. The van der Waals surface area contributed by atoms with Gasteiger partial charge < -0.3 is 5.73 Å². The van der Waals surface area contributed by atoms with Gasteiger partial charge in [0, 0.05) is 23.6 Å². The largest absolute Gasteiger partial charge is 0.329 e. The third kappa shape index (κ3) is 3.35. The first-order valence-corrected chi connectivity index (χ1v) is 9.18. The quantitative estimate of drug-likeness (QED) is 0.881. The number of benzene rings is 1. The van der Waals surface area contributed by atoms with Gasteiger partial charge in [0.15, 0.2) is 0 Å². The Morgan fingerprint density at radius 2 is 2.00 bits per heavy atom. The summed E-state index contributed by atoms with van der Waals surface area (Å²) < 4.78 is 1.19. The summed E-state index contributed by atoms with van der Waals surface area (Å²) in [6, 6.07) is 7.09. The summed E-state index contributed by atoms with van der Waals surface area (Å²) in [4.78, 5) is 2.65. The summed E-state index contributed by atoms with van der Waals surface area (Å²) in [7, 11) is 0. The smallest absolute Gasteiger partial charge is 0.0470 e. The number of nitrogens with zero attached hydrogens (tertiary/aromatic N) is 1. The maximum absolute atomic E-state index is 6.14. The van der Waals surface area contributed by atoms with Gasteiger partial charge in [0.1, 0.15) is 0 Å². The van der Waals surface area contributed by atoms with E-state index >= 15 is 0 Å². The standard InChI is InChI=1S/C18H27BrN2/c1-13-10-15(6-7-17(13)19)18(11-20)21-9-8-14-4-2-3-5-16(14)12-21/h6-7,10,14,16,18H,2-5,8-9,11-12,20H2,1H3. The molecule has 3 unspecified atom stereocenters. The predicted molar refractivity (Wildman–Crippen MR) is 92.3 cm³/mol. The van der Waals surface area contributed by atoms with E-state index in [9.17, 15) is 0 Å². The van der Waals surface area contributed by atoms with E-state index in [4.69, 9.17) is 5.73 Å². The highest BCUT2D eigenvalue weighted by Gasteiger charge is 2.33. The lowest BCUT2D eigenvalue weighted by Gasteiger charge is -2.44. The van der Waals surface area contributed by atoms with Crippen molar-refractivity contribution in [1.82, 2.24) is 4.90 Å². The zero-order valence-corrected chi connectivity index (χ0v) is 14.6. The lowest BCUT2D eigenvalue weighted by Crippen LogP contribution is -2.45. The zero-order chi connectivity index (χ0) is 14.8. The van der Waals surface area contributed by atoms with Gasteiger partial charge in [-0.2, -0.15) is 0 Å². The second-order valence-electron chi connectivity index (χ2n) is 6.85. The molecule has 0 radical (unpaired) electrons. The number of fused-ring (bicyclic) bond motifs is 1. The number of nitrogens with two attached hydrogens (primary N) is 1. The molecule has 1 saturated carbocycles. The topological polar surface area (TPSA) is 29.3 Å². The highest BCUT2D eigenvalue weighted by Crippen LogP contribution is 2.38. The van der Waals surface area contributed by atoms with Crippen LogP contribution in [0.15, 0.2) is 22.7 Å². The normalized spacial score (nSPS) is 28.1. The molecule has 0 amide bonds. The van der Waals surface area contributed by atoms with Crippen molar-refractivity contribution in [3.8, 4) is 0 Å². The number of hydrogen-bond acceptors (Lipinski definition) is 2. The van der Waals surface area contributed by atoms with Gasteiger partial charge in [0.25, 0.3) is 0 Å². The molecule has 2 N–H and O–H groups in total. The Bertz CT molecular complexity index is 488. The van der Waals surface area contributed by atoms with E-state index in [1.165, 1.54) is 60.8 Å². The van der Waals surface area contributed by atoms with E-state index in [-0.39, 0.29) is 0 Å². The van der Waals surface area contributed by atoms with Crippen LogP contribution >= 0.6 is 15.9 Å². The summed E-state index contributed by atoms with van der Waals surface area (Å²) >= 11 is 3.60. The van der Waals surface area contributed by atoms with Crippen molar-refractivity contribution in [3.05, 3.63) is 33.8 Å². The molecule has 3 rings (SSSR count). The minimum Gasteiger partial charge on any atom is -0.329 e. The second-order valence-corrected chi connectivity index (χ2v) is 7.70. The zero-order valence-electron chi connectivity index (χ0n) is 13.0. The fraction of sp³-hybridized carbons (Fsp3) is 0.667. The molecule has 2 aliphatic rings. The molecule has 1 aliphatic heterocycles. The summed E-state index contributed by atoms with van der Waals surface area (Å²) in [5.41, 5.74) is 8.82. The molecule has 116 valence electrons. The van der Waals surface area contributed by atoms with Gasteiger partial charge in [-0.15, -0.1) is 0 Å². The minimum absolute atomic E-state index is 0.389. The van der Waals surface area contributed by atoms with Gasteiger partial charge >= 0.3 is 0 Å². The molecule has 2 fully saturated rings. The molecular formula is C18H27BrN2. The molecule has 3 heteroatoms. The van der Waals surface area contributed by atoms with Crippen molar-refractivity contribution in [2.45, 2.75) is 45.1 Å². The third-order valence-electron chi connectivity index (χ3n) is 5.55. The van der Waals surface area contributed by atoms with Gasteiger partial charge in [-0.1, -0.05) is 47.3 Å². The molecule has 0 spiro atoms. The summed E-state index contributed by atoms with van der Waals surface area (Å²) in [5.74, 6) is 1.90. The van der Waals surface area contributed by atoms with E-state index in [0.29, 0.717) is 6.04 Å². The van der Waals surface area contributed by atoms with Crippen LogP contribution in [0, 0.1) is 18.8 Å². The number of hydrogen-bond donors (Lipinski definition) is 1. The molecule has 0 bridgehead atoms. The molecule has 21 heavy (non-hydrogen) atoms.